The van der Waals surface area contributed by atoms with E-state index < -0.39 is 17.8 Å². The number of amides is 4. The van der Waals surface area contributed by atoms with E-state index in [2.05, 4.69) is 26.0 Å². The van der Waals surface area contributed by atoms with Gasteiger partial charge in [-0.05, 0) is 53.8 Å². The number of barbiturate groups is 1. The van der Waals surface area contributed by atoms with Crippen LogP contribution in [0.4, 0.5) is 4.79 Å². The first kappa shape index (κ1) is 24.1. The molecule has 0 aromatic heterocycles. The summed E-state index contributed by atoms with van der Waals surface area (Å²) in [5.41, 5.74) is 1.47. The van der Waals surface area contributed by atoms with Crippen LogP contribution >= 0.6 is 11.6 Å². The van der Waals surface area contributed by atoms with Gasteiger partial charge in [-0.25, -0.2) is 4.79 Å². The fourth-order valence-corrected chi connectivity index (χ4v) is 3.44. The van der Waals surface area contributed by atoms with Crippen molar-refractivity contribution >= 4 is 35.5 Å². The fraction of sp³-hybridized carbons (Fsp3) is 0.292. The number of urea groups is 1. The van der Waals surface area contributed by atoms with Crippen LogP contribution in [0.25, 0.3) is 6.08 Å². The van der Waals surface area contributed by atoms with Crippen molar-refractivity contribution in [1.82, 2.24) is 10.6 Å². The summed E-state index contributed by atoms with van der Waals surface area (Å²) in [7, 11) is 1.45. The molecular formula is C24H25ClN2O6. The van der Waals surface area contributed by atoms with Gasteiger partial charge in [0.2, 0.25) is 0 Å². The number of halogens is 1. The fourth-order valence-electron chi connectivity index (χ4n) is 3.17. The summed E-state index contributed by atoms with van der Waals surface area (Å²) < 4.78 is 16.8. The SMILES string of the molecule is CC[C@@H](C)c1ccc(OCCOc2c(Cl)cc(C=C3C(=O)NC(=O)NC3=O)cc2OC)cc1. The minimum Gasteiger partial charge on any atom is -0.493 e. The van der Waals surface area contributed by atoms with Crippen LogP contribution in [0.5, 0.6) is 17.2 Å². The van der Waals surface area contributed by atoms with E-state index in [9.17, 15) is 14.4 Å². The monoisotopic (exact) mass is 472 g/mol. The van der Waals surface area contributed by atoms with Crippen molar-refractivity contribution in [2.24, 2.45) is 0 Å². The largest absolute Gasteiger partial charge is 0.493 e. The first-order valence-electron chi connectivity index (χ1n) is 10.4. The van der Waals surface area contributed by atoms with E-state index in [0.29, 0.717) is 29.6 Å². The molecule has 33 heavy (non-hydrogen) atoms. The molecule has 0 saturated carbocycles. The van der Waals surface area contributed by atoms with Crippen LogP contribution < -0.4 is 24.8 Å². The molecule has 2 aromatic rings. The predicted octanol–water partition coefficient (Wildman–Crippen LogP) is 4.07. The van der Waals surface area contributed by atoms with Crippen LogP contribution in [0.3, 0.4) is 0 Å². The Morgan fingerprint density at radius 2 is 1.64 bits per heavy atom. The van der Waals surface area contributed by atoms with Gasteiger partial charge in [-0.3, -0.25) is 20.2 Å². The quantitative estimate of drug-likeness (QED) is 0.324. The van der Waals surface area contributed by atoms with Gasteiger partial charge in [-0.1, -0.05) is 37.6 Å². The molecule has 1 atom stereocenters. The number of imide groups is 2. The van der Waals surface area contributed by atoms with Crippen LogP contribution in [0, 0.1) is 0 Å². The number of benzene rings is 2. The number of hydrogen-bond donors (Lipinski definition) is 2. The molecule has 8 nitrogen and oxygen atoms in total. The molecule has 1 aliphatic rings. The standard InChI is InChI=1S/C24H25ClN2O6/c1-4-14(2)16-5-7-17(8-6-16)32-9-10-33-21-19(25)12-15(13-20(21)31-3)11-18-22(28)26-24(30)27-23(18)29/h5-8,11-14H,4,9-10H2,1-3H3,(H2,26,27,28,29,30)/t14-/m1/s1. The minimum atomic E-state index is -0.866. The average molecular weight is 473 g/mol. The van der Waals surface area contributed by atoms with Gasteiger partial charge in [0.15, 0.2) is 11.5 Å². The molecule has 1 saturated heterocycles. The topological polar surface area (TPSA) is 103 Å². The summed E-state index contributed by atoms with van der Waals surface area (Å²) in [5.74, 6) is 0.278. The molecule has 0 radical (unpaired) electrons. The second-order valence-electron chi connectivity index (χ2n) is 7.40. The molecule has 0 spiro atoms. The molecular weight excluding hydrogens is 448 g/mol. The zero-order valence-electron chi connectivity index (χ0n) is 18.6. The van der Waals surface area contributed by atoms with E-state index in [0.717, 1.165) is 12.2 Å². The van der Waals surface area contributed by atoms with Crippen molar-refractivity contribution < 1.29 is 28.6 Å². The summed E-state index contributed by atoms with van der Waals surface area (Å²) in [6, 6.07) is 10.2. The smallest absolute Gasteiger partial charge is 0.328 e. The summed E-state index contributed by atoms with van der Waals surface area (Å²) in [6.45, 7) is 4.85. The number of carbonyl (C=O) groups excluding carboxylic acids is 3. The van der Waals surface area contributed by atoms with Crippen LogP contribution in [0.1, 0.15) is 37.3 Å². The highest BCUT2D eigenvalue weighted by Crippen LogP contribution is 2.37. The highest BCUT2D eigenvalue weighted by Gasteiger charge is 2.28. The van der Waals surface area contributed by atoms with Crippen molar-refractivity contribution in [3.8, 4) is 17.2 Å². The van der Waals surface area contributed by atoms with Crippen molar-refractivity contribution in [3.05, 3.63) is 58.1 Å². The molecule has 2 aromatic carbocycles. The van der Waals surface area contributed by atoms with Crippen molar-refractivity contribution in [3.63, 3.8) is 0 Å². The summed E-state index contributed by atoms with van der Waals surface area (Å²) in [6.07, 6.45) is 2.38. The first-order valence-corrected chi connectivity index (χ1v) is 10.8. The van der Waals surface area contributed by atoms with Gasteiger partial charge < -0.3 is 14.2 Å². The Bertz CT molecular complexity index is 1060. The maximum absolute atomic E-state index is 11.9. The summed E-state index contributed by atoms with van der Waals surface area (Å²) in [4.78, 5) is 35.0. The number of hydrogen-bond acceptors (Lipinski definition) is 6. The highest BCUT2D eigenvalue weighted by atomic mass is 35.5. The van der Waals surface area contributed by atoms with Crippen molar-refractivity contribution in [2.75, 3.05) is 20.3 Å². The van der Waals surface area contributed by atoms with E-state index >= 15 is 0 Å². The molecule has 4 amide bonds. The number of rotatable bonds is 9. The Balaban J connectivity index is 1.64. The van der Waals surface area contributed by atoms with Crippen LogP contribution in [-0.4, -0.2) is 38.2 Å². The second-order valence-corrected chi connectivity index (χ2v) is 7.81. The molecule has 0 bridgehead atoms. The maximum Gasteiger partial charge on any atom is 0.328 e. The second kappa shape index (κ2) is 10.9. The molecule has 9 heteroatoms. The van der Waals surface area contributed by atoms with Gasteiger partial charge >= 0.3 is 6.03 Å². The van der Waals surface area contributed by atoms with Crippen LogP contribution in [0.2, 0.25) is 5.02 Å². The molecule has 3 rings (SSSR count). The van der Waals surface area contributed by atoms with Crippen molar-refractivity contribution in [1.29, 1.82) is 0 Å². The Morgan fingerprint density at radius 3 is 2.24 bits per heavy atom. The molecule has 0 aliphatic carbocycles. The van der Waals surface area contributed by atoms with E-state index in [1.54, 1.807) is 6.07 Å². The van der Waals surface area contributed by atoms with Gasteiger partial charge in [0.25, 0.3) is 11.8 Å². The Hall–Kier alpha value is -3.52. The van der Waals surface area contributed by atoms with Gasteiger partial charge in [0.05, 0.1) is 12.1 Å². The summed E-state index contributed by atoms with van der Waals surface area (Å²) >= 11 is 6.35. The molecule has 2 N–H and O–H groups in total. The Kier molecular flexibility index (Phi) is 7.95. The van der Waals surface area contributed by atoms with Gasteiger partial charge in [0.1, 0.15) is 24.5 Å². The molecule has 1 fully saturated rings. The zero-order chi connectivity index (χ0) is 24.0. The molecule has 174 valence electrons. The van der Waals surface area contributed by atoms with E-state index in [4.69, 9.17) is 25.8 Å². The minimum absolute atomic E-state index is 0.219. The zero-order valence-corrected chi connectivity index (χ0v) is 19.3. The third-order valence-corrected chi connectivity index (χ3v) is 5.45. The van der Waals surface area contributed by atoms with Gasteiger partial charge in [-0.15, -0.1) is 0 Å². The van der Waals surface area contributed by atoms with Gasteiger partial charge in [0, 0.05) is 0 Å². The lowest BCUT2D eigenvalue weighted by molar-refractivity contribution is -0.123. The summed E-state index contributed by atoms with van der Waals surface area (Å²) in [5, 5.41) is 4.25. The van der Waals surface area contributed by atoms with E-state index in [1.165, 1.54) is 24.8 Å². The number of ether oxygens (including phenoxy) is 3. The Morgan fingerprint density at radius 1 is 1.00 bits per heavy atom. The molecule has 1 heterocycles. The lowest BCUT2D eigenvalue weighted by atomic mass is 9.99. The molecule has 1 aliphatic heterocycles. The average Bonchev–Trinajstić information content (AvgIpc) is 2.79. The highest BCUT2D eigenvalue weighted by molar-refractivity contribution is 6.33. The Labute approximate surface area is 196 Å². The van der Waals surface area contributed by atoms with E-state index in [1.807, 2.05) is 22.8 Å². The maximum atomic E-state index is 11.9. The normalized spacial score (nSPS) is 14.3. The molecule has 0 unspecified atom stereocenters. The predicted molar refractivity (Wildman–Crippen MR) is 124 cm³/mol. The van der Waals surface area contributed by atoms with E-state index in [-0.39, 0.29) is 17.2 Å². The lowest BCUT2D eigenvalue weighted by Crippen LogP contribution is -2.51. The number of carbonyl (C=O) groups is 3. The lowest BCUT2D eigenvalue weighted by Gasteiger charge is -2.16. The number of methoxy groups -OCH3 is 1. The van der Waals surface area contributed by atoms with Gasteiger partial charge in [-0.2, -0.15) is 0 Å². The van der Waals surface area contributed by atoms with Crippen LogP contribution in [0.15, 0.2) is 42.0 Å². The first-order chi connectivity index (χ1) is 15.8. The van der Waals surface area contributed by atoms with Crippen LogP contribution in [-0.2, 0) is 9.59 Å². The third kappa shape index (κ3) is 6.04. The third-order valence-electron chi connectivity index (χ3n) is 5.17. The van der Waals surface area contributed by atoms with Crippen molar-refractivity contribution in [2.45, 2.75) is 26.2 Å². The number of nitrogens with one attached hydrogen (secondary N) is 2.